The summed E-state index contributed by atoms with van der Waals surface area (Å²) < 4.78 is 10.8. The number of benzene rings is 2. The molecule has 3 N–H and O–H groups in total. The molecule has 0 aliphatic rings. The molecule has 0 saturated carbocycles. The maximum absolute atomic E-state index is 12.4. The Kier molecular flexibility index (Phi) is 3.52. The molecule has 1 amide bonds. The predicted octanol–water partition coefficient (Wildman–Crippen LogP) is 1.97. The molecule has 2 bridgehead atoms. The molecule has 1 atom stereocenters. The van der Waals surface area contributed by atoms with Crippen molar-refractivity contribution in [3.8, 4) is 0 Å². The van der Waals surface area contributed by atoms with Gasteiger partial charge >= 0.3 is 7.12 Å². The molecule has 6 nitrogen and oxygen atoms in total. The summed E-state index contributed by atoms with van der Waals surface area (Å²) in [6, 6.07) is 12.6. The number of rotatable bonds is 5. The maximum Gasteiger partial charge on any atom is 0.475 e. The molecular formula is C17H14BNO5. The normalized spacial score (nSPS) is 12.8. The molecule has 0 fully saturated rings. The van der Waals surface area contributed by atoms with Crippen molar-refractivity contribution in [2.75, 3.05) is 0 Å². The monoisotopic (exact) mass is 323 g/mol. The quantitative estimate of drug-likeness (QED) is 0.488. The second-order valence-electron chi connectivity index (χ2n) is 5.71. The van der Waals surface area contributed by atoms with Gasteiger partial charge in [-0.15, -0.1) is 0 Å². The number of hydrogen-bond acceptors (Lipinski definition) is 5. The fraction of sp³-hybridized carbons (Fsp3) is 0.118. The summed E-state index contributed by atoms with van der Waals surface area (Å²) in [5, 5.41) is 22.8. The highest BCUT2D eigenvalue weighted by atomic mass is 16.4. The second kappa shape index (κ2) is 5.70. The Labute approximate surface area is 137 Å². The summed E-state index contributed by atoms with van der Waals surface area (Å²) in [6.45, 7) is 0. The Morgan fingerprint density at radius 2 is 2.00 bits per heavy atom. The van der Waals surface area contributed by atoms with Crippen LogP contribution in [0.5, 0.6) is 0 Å². The third-order valence-electron chi connectivity index (χ3n) is 4.10. The second-order valence-corrected chi connectivity index (χ2v) is 5.71. The van der Waals surface area contributed by atoms with Gasteiger partial charge in [-0.1, -0.05) is 18.2 Å². The van der Waals surface area contributed by atoms with Crippen LogP contribution in [-0.4, -0.2) is 29.0 Å². The molecule has 24 heavy (non-hydrogen) atoms. The van der Waals surface area contributed by atoms with Crippen molar-refractivity contribution in [1.82, 2.24) is 5.32 Å². The number of furan rings is 3. The van der Waals surface area contributed by atoms with Gasteiger partial charge in [0.2, 0.25) is 0 Å². The van der Waals surface area contributed by atoms with E-state index in [2.05, 4.69) is 5.32 Å². The van der Waals surface area contributed by atoms with Crippen LogP contribution in [0.1, 0.15) is 15.9 Å². The van der Waals surface area contributed by atoms with E-state index in [1.807, 2.05) is 24.3 Å². The van der Waals surface area contributed by atoms with Crippen LogP contribution in [0.4, 0.5) is 0 Å². The average Bonchev–Trinajstić information content (AvgIpc) is 3.29. The zero-order valence-electron chi connectivity index (χ0n) is 12.6. The van der Waals surface area contributed by atoms with Gasteiger partial charge in [-0.25, -0.2) is 0 Å². The van der Waals surface area contributed by atoms with Crippen LogP contribution in [0.25, 0.3) is 22.1 Å². The van der Waals surface area contributed by atoms with E-state index in [9.17, 15) is 14.8 Å². The molecule has 0 unspecified atom stereocenters. The van der Waals surface area contributed by atoms with Crippen LogP contribution in [-0.2, 0) is 6.42 Å². The topological polar surface area (TPSA) is 95.8 Å². The molecule has 3 heterocycles. The van der Waals surface area contributed by atoms with Crippen molar-refractivity contribution in [2.45, 2.75) is 12.4 Å². The number of carbonyl (C=O) groups is 1. The van der Waals surface area contributed by atoms with Gasteiger partial charge in [0.25, 0.3) is 5.91 Å². The van der Waals surface area contributed by atoms with Crippen molar-refractivity contribution in [3.63, 3.8) is 0 Å². The first-order chi connectivity index (χ1) is 11.6. The number of hydrogen-bond donors (Lipinski definition) is 3. The van der Waals surface area contributed by atoms with Gasteiger partial charge in [0.1, 0.15) is 16.7 Å². The molecule has 120 valence electrons. The van der Waals surface area contributed by atoms with Crippen molar-refractivity contribution in [3.05, 3.63) is 59.9 Å². The number of nitrogens with one attached hydrogen (secondary N) is 1. The van der Waals surface area contributed by atoms with Gasteiger partial charge in [-0.2, -0.15) is 0 Å². The van der Waals surface area contributed by atoms with E-state index >= 15 is 0 Å². The number of fused-ring (bicyclic) bond motifs is 3. The molecule has 0 radical (unpaired) electrons. The Morgan fingerprint density at radius 1 is 1.17 bits per heavy atom. The molecule has 1 aromatic carbocycles. The van der Waals surface area contributed by atoms with Crippen molar-refractivity contribution < 1.29 is 23.7 Å². The zero-order chi connectivity index (χ0) is 16.7. The molecular weight excluding hydrogens is 309 g/mol. The molecule has 7 heteroatoms. The summed E-state index contributed by atoms with van der Waals surface area (Å²) in [4.78, 5) is 12.4. The fourth-order valence-corrected chi connectivity index (χ4v) is 2.87. The lowest BCUT2D eigenvalue weighted by atomic mass is 9.75. The predicted molar refractivity (Wildman–Crippen MR) is 88.8 cm³/mol. The number of amides is 1. The first-order valence-electron chi connectivity index (χ1n) is 7.56. The summed E-state index contributed by atoms with van der Waals surface area (Å²) in [5.74, 6) is -1.27. The lowest BCUT2D eigenvalue weighted by Gasteiger charge is -2.17. The van der Waals surface area contributed by atoms with Crippen LogP contribution in [0.3, 0.4) is 0 Å². The zero-order valence-corrected chi connectivity index (χ0v) is 12.6. The standard InChI is InChI=1S/C17H14BNO5/c20-17(13-8-11-5-6-15(13)24-11)19-16(18(21)22)7-10-9-23-14-4-2-1-3-12(10)14/h1-6,8-9,16,21-22H,7H2,(H,19,20)/t16-/m0/s1. The van der Waals surface area contributed by atoms with E-state index in [0.29, 0.717) is 22.3 Å². The van der Waals surface area contributed by atoms with Crippen molar-refractivity contribution in [1.29, 1.82) is 0 Å². The lowest BCUT2D eigenvalue weighted by Crippen LogP contribution is -2.47. The van der Waals surface area contributed by atoms with Gasteiger partial charge in [0, 0.05) is 5.39 Å². The molecule has 0 spiro atoms. The molecule has 0 saturated heterocycles. The summed E-state index contributed by atoms with van der Waals surface area (Å²) in [6.07, 6.45) is 1.80. The average molecular weight is 323 g/mol. The molecule has 4 rings (SSSR count). The minimum Gasteiger partial charge on any atom is -0.464 e. The Hall–Kier alpha value is -2.77. The highest BCUT2D eigenvalue weighted by molar-refractivity contribution is 6.44. The van der Waals surface area contributed by atoms with E-state index in [-0.39, 0.29) is 6.42 Å². The van der Waals surface area contributed by atoms with E-state index < -0.39 is 19.0 Å². The van der Waals surface area contributed by atoms with E-state index in [1.54, 1.807) is 24.5 Å². The third kappa shape index (κ3) is 2.53. The highest BCUT2D eigenvalue weighted by Crippen LogP contribution is 2.24. The minimum absolute atomic E-state index is 0.232. The highest BCUT2D eigenvalue weighted by Gasteiger charge is 2.28. The Balaban J connectivity index is 1.56. The van der Waals surface area contributed by atoms with Crippen LogP contribution in [0.2, 0.25) is 0 Å². The van der Waals surface area contributed by atoms with E-state index in [4.69, 9.17) is 8.83 Å². The van der Waals surface area contributed by atoms with Crippen LogP contribution in [0, 0.1) is 0 Å². The molecule has 3 aromatic heterocycles. The van der Waals surface area contributed by atoms with Crippen LogP contribution < -0.4 is 5.32 Å². The van der Waals surface area contributed by atoms with Gasteiger partial charge in [0.05, 0.1) is 17.8 Å². The fourth-order valence-electron chi connectivity index (χ4n) is 2.87. The smallest absolute Gasteiger partial charge is 0.464 e. The first-order valence-corrected chi connectivity index (χ1v) is 7.56. The number of para-hydroxylation sites is 1. The van der Waals surface area contributed by atoms with Crippen molar-refractivity contribution in [2.24, 2.45) is 0 Å². The van der Waals surface area contributed by atoms with Gasteiger partial charge < -0.3 is 24.2 Å². The number of carbonyl (C=O) groups excluding carboxylic acids is 1. The van der Waals surface area contributed by atoms with Crippen molar-refractivity contribution >= 4 is 35.2 Å². The molecule has 0 aliphatic heterocycles. The van der Waals surface area contributed by atoms with E-state index in [1.165, 1.54) is 0 Å². The SMILES string of the molecule is O=C(N[C@@H](Cc1coc2ccccc12)B(O)O)c1cc2ccc1o2. The summed E-state index contributed by atoms with van der Waals surface area (Å²) in [7, 11) is -1.70. The maximum atomic E-state index is 12.4. The first kappa shape index (κ1) is 14.8. The van der Waals surface area contributed by atoms with Crippen LogP contribution in [0.15, 0.2) is 57.6 Å². The third-order valence-corrected chi connectivity index (χ3v) is 4.10. The Morgan fingerprint density at radius 3 is 2.71 bits per heavy atom. The Bertz CT molecular complexity index is 989. The van der Waals surface area contributed by atoms with Gasteiger partial charge in [0.15, 0.2) is 0 Å². The van der Waals surface area contributed by atoms with Gasteiger partial charge in [-0.05, 0) is 36.2 Å². The van der Waals surface area contributed by atoms with Gasteiger partial charge in [-0.3, -0.25) is 4.79 Å². The summed E-state index contributed by atoms with van der Waals surface area (Å²) >= 11 is 0. The largest absolute Gasteiger partial charge is 0.475 e. The van der Waals surface area contributed by atoms with E-state index in [0.717, 1.165) is 10.9 Å². The minimum atomic E-state index is -1.70. The van der Waals surface area contributed by atoms with Crippen LogP contribution >= 0.6 is 0 Å². The molecule has 0 aliphatic carbocycles. The summed E-state index contributed by atoms with van der Waals surface area (Å²) in [5.41, 5.74) is 2.98. The molecule has 4 aromatic rings. The lowest BCUT2D eigenvalue weighted by molar-refractivity contribution is 0.0943.